The molecule has 0 aliphatic rings. The van der Waals surface area contributed by atoms with E-state index in [4.69, 9.17) is 22.6 Å². The molecular weight excluding hydrogens is 267 g/mol. The van der Waals surface area contributed by atoms with Gasteiger partial charge in [0.2, 0.25) is 0 Å². The first-order valence-corrected chi connectivity index (χ1v) is 6.09. The van der Waals surface area contributed by atoms with Crippen LogP contribution in [0.1, 0.15) is 18.5 Å². The van der Waals surface area contributed by atoms with Gasteiger partial charge >= 0.3 is 0 Å². The fraction of sp³-hybridized carbons (Fsp3) is 0.231. The summed E-state index contributed by atoms with van der Waals surface area (Å²) in [6.45, 7) is 2.40. The molecule has 2 rings (SSSR count). The number of benzene rings is 1. The lowest BCUT2D eigenvalue weighted by Crippen LogP contribution is -2.16. The smallest absolute Gasteiger partial charge is 0.143 e. The van der Waals surface area contributed by atoms with Crippen LogP contribution >= 0.6 is 11.6 Å². The SMILES string of the molecule is C[C@H](CN)n1ccc(-c2cc(F)c(C#N)c(Cl)c2)n1. The summed E-state index contributed by atoms with van der Waals surface area (Å²) in [6.07, 6.45) is 1.77. The molecule has 0 bridgehead atoms. The van der Waals surface area contributed by atoms with Gasteiger partial charge in [-0.25, -0.2) is 4.39 Å². The number of hydrogen-bond acceptors (Lipinski definition) is 3. The molecule has 0 aliphatic carbocycles. The third-order valence-electron chi connectivity index (χ3n) is 2.85. The van der Waals surface area contributed by atoms with Gasteiger partial charge < -0.3 is 5.73 Å². The van der Waals surface area contributed by atoms with Crippen molar-refractivity contribution in [3.05, 3.63) is 40.8 Å². The lowest BCUT2D eigenvalue weighted by atomic mass is 10.1. The molecule has 0 unspecified atom stereocenters. The topological polar surface area (TPSA) is 67.6 Å². The highest BCUT2D eigenvalue weighted by Crippen LogP contribution is 2.27. The molecule has 19 heavy (non-hydrogen) atoms. The Bertz CT molecular complexity index is 621. The molecule has 0 aliphatic heterocycles. The Labute approximate surface area is 115 Å². The zero-order valence-electron chi connectivity index (χ0n) is 10.3. The van der Waals surface area contributed by atoms with Gasteiger partial charge in [0.1, 0.15) is 17.4 Å². The predicted molar refractivity (Wildman–Crippen MR) is 71.1 cm³/mol. The highest BCUT2D eigenvalue weighted by atomic mass is 35.5. The van der Waals surface area contributed by atoms with Crippen LogP contribution in [0.4, 0.5) is 4.39 Å². The summed E-state index contributed by atoms with van der Waals surface area (Å²) in [7, 11) is 0. The zero-order chi connectivity index (χ0) is 14.0. The Morgan fingerprint density at radius 3 is 2.89 bits per heavy atom. The van der Waals surface area contributed by atoms with Gasteiger partial charge in [-0.05, 0) is 25.1 Å². The van der Waals surface area contributed by atoms with Crippen molar-refractivity contribution < 1.29 is 4.39 Å². The van der Waals surface area contributed by atoms with Gasteiger partial charge in [-0.2, -0.15) is 10.4 Å². The van der Waals surface area contributed by atoms with E-state index in [9.17, 15) is 4.39 Å². The Balaban J connectivity index is 2.43. The molecule has 0 fully saturated rings. The van der Waals surface area contributed by atoms with E-state index >= 15 is 0 Å². The molecule has 98 valence electrons. The lowest BCUT2D eigenvalue weighted by Gasteiger charge is -2.08. The second-order valence-electron chi connectivity index (χ2n) is 4.19. The van der Waals surface area contributed by atoms with Crippen LogP contribution in [0.5, 0.6) is 0 Å². The summed E-state index contributed by atoms with van der Waals surface area (Å²) >= 11 is 5.86. The fourth-order valence-electron chi connectivity index (χ4n) is 1.67. The largest absolute Gasteiger partial charge is 0.328 e. The Morgan fingerprint density at radius 2 is 2.32 bits per heavy atom. The maximum Gasteiger partial charge on any atom is 0.143 e. The number of halogens is 2. The zero-order valence-corrected chi connectivity index (χ0v) is 11.0. The lowest BCUT2D eigenvalue weighted by molar-refractivity contribution is 0.502. The van der Waals surface area contributed by atoms with E-state index in [0.29, 0.717) is 17.8 Å². The fourth-order valence-corrected chi connectivity index (χ4v) is 1.92. The predicted octanol–water partition coefficient (Wildman–Crippen LogP) is 2.73. The molecule has 0 radical (unpaired) electrons. The third-order valence-corrected chi connectivity index (χ3v) is 3.15. The van der Waals surface area contributed by atoms with Crippen molar-refractivity contribution >= 4 is 11.6 Å². The summed E-state index contributed by atoms with van der Waals surface area (Å²) in [5, 5.41) is 13.2. The minimum absolute atomic E-state index is 0.0625. The van der Waals surface area contributed by atoms with Crippen LogP contribution in [-0.2, 0) is 0 Å². The van der Waals surface area contributed by atoms with E-state index in [1.807, 2.05) is 6.92 Å². The molecule has 2 aromatic rings. The average molecular weight is 279 g/mol. The molecule has 1 heterocycles. The Morgan fingerprint density at radius 1 is 1.58 bits per heavy atom. The standard InChI is InChI=1S/C13H12ClFN4/c1-8(6-16)19-3-2-13(18-19)9-4-11(14)10(7-17)12(15)5-9/h2-5,8H,6,16H2,1H3/t8-/m1/s1. The van der Waals surface area contributed by atoms with E-state index in [1.165, 1.54) is 12.1 Å². The number of aromatic nitrogens is 2. The van der Waals surface area contributed by atoms with Crippen molar-refractivity contribution in [3.8, 4) is 17.3 Å². The molecule has 0 saturated carbocycles. The molecule has 6 heteroatoms. The first-order chi connectivity index (χ1) is 9.06. The van der Waals surface area contributed by atoms with E-state index < -0.39 is 5.82 Å². The number of rotatable bonds is 3. The summed E-state index contributed by atoms with van der Waals surface area (Å²) in [5.74, 6) is -0.647. The minimum atomic E-state index is -0.647. The van der Waals surface area contributed by atoms with Gasteiger partial charge in [0.25, 0.3) is 0 Å². The summed E-state index contributed by atoms with van der Waals surface area (Å²) in [4.78, 5) is 0. The Hall–Kier alpha value is -1.90. The normalized spacial score (nSPS) is 12.2. The molecule has 1 aromatic heterocycles. The van der Waals surface area contributed by atoms with Crippen LogP contribution in [0.25, 0.3) is 11.3 Å². The monoisotopic (exact) mass is 278 g/mol. The van der Waals surface area contributed by atoms with Crippen molar-refractivity contribution in [2.75, 3.05) is 6.54 Å². The minimum Gasteiger partial charge on any atom is -0.328 e. The second kappa shape index (κ2) is 5.39. The molecule has 1 aromatic carbocycles. The van der Waals surface area contributed by atoms with Crippen LogP contribution < -0.4 is 5.73 Å². The van der Waals surface area contributed by atoms with Crippen molar-refractivity contribution in [3.63, 3.8) is 0 Å². The first kappa shape index (κ1) is 13.5. The van der Waals surface area contributed by atoms with Gasteiger partial charge in [-0.1, -0.05) is 11.6 Å². The molecule has 2 N–H and O–H groups in total. The van der Waals surface area contributed by atoms with Crippen LogP contribution in [0.2, 0.25) is 5.02 Å². The summed E-state index contributed by atoms with van der Waals surface area (Å²) in [5.41, 5.74) is 6.53. The maximum atomic E-state index is 13.7. The quantitative estimate of drug-likeness (QED) is 0.939. The van der Waals surface area contributed by atoms with Gasteiger partial charge in [-0.3, -0.25) is 4.68 Å². The maximum absolute atomic E-state index is 13.7. The first-order valence-electron chi connectivity index (χ1n) is 5.71. The molecule has 4 nitrogen and oxygen atoms in total. The van der Waals surface area contributed by atoms with Gasteiger partial charge in [-0.15, -0.1) is 0 Å². The van der Waals surface area contributed by atoms with Crippen LogP contribution in [-0.4, -0.2) is 16.3 Å². The molecule has 0 amide bonds. The number of hydrogen-bond donors (Lipinski definition) is 1. The van der Waals surface area contributed by atoms with Gasteiger partial charge in [0.15, 0.2) is 0 Å². The number of nitrogens with zero attached hydrogens (tertiary/aromatic N) is 3. The van der Waals surface area contributed by atoms with Crippen molar-refractivity contribution in [2.24, 2.45) is 5.73 Å². The average Bonchev–Trinajstić information content (AvgIpc) is 2.87. The van der Waals surface area contributed by atoms with E-state index in [0.717, 1.165) is 0 Å². The van der Waals surface area contributed by atoms with E-state index in [-0.39, 0.29) is 16.6 Å². The molecule has 0 saturated heterocycles. The van der Waals surface area contributed by atoms with Gasteiger partial charge in [0, 0.05) is 18.3 Å². The summed E-state index contributed by atoms with van der Waals surface area (Å²) in [6, 6.07) is 6.33. The van der Waals surface area contributed by atoms with E-state index in [2.05, 4.69) is 5.10 Å². The van der Waals surface area contributed by atoms with Gasteiger partial charge in [0.05, 0.1) is 16.8 Å². The number of nitriles is 1. The van der Waals surface area contributed by atoms with Crippen LogP contribution in [0.15, 0.2) is 24.4 Å². The van der Waals surface area contributed by atoms with Crippen molar-refractivity contribution in [2.45, 2.75) is 13.0 Å². The molecule has 0 spiro atoms. The molecule has 1 atom stereocenters. The molecular formula is C13H12ClFN4. The second-order valence-corrected chi connectivity index (χ2v) is 4.60. The van der Waals surface area contributed by atoms with Crippen molar-refractivity contribution in [1.82, 2.24) is 9.78 Å². The number of nitrogens with two attached hydrogens (primary N) is 1. The van der Waals surface area contributed by atoms with Crippen LogP contribution in [0, 0.1) is 17.1 Å². The third kappa shape index (κ3) is 2.60. The highest BCUT2D eigenvalue weighted by Gasteiger charge is 2.12. The summed E-state index contributed by atoms with van der Waals surface area (Å²) < 4.78 is 15.4. The highest BCUT2D eigenvalue weighted by molar-refractivity contribution is 6.32. The van der Waals surface area contributed by atoms with E-state index in [1.54, 1.807) is 23.0 Å². The Kier molecular flexibility index (Phi) is 3.84. The van der Waals surface area contributed by atoms with Crippen LogP contribution in [0.3, 0.4) is 0 Å². The van der Waals surface area contributed by atoms with Crippen molar-refractivity contribution in [1.29, 1.82) is 5.26 Å².